The second-order valence-electron chi connectivity index (χ2n) is 7.66. The standard InChI is InChI=1S/C22H21Cl2NO3/c1-12(2)9-25-10-15-8-16-20(26)19(7-14-4-5-17(23)18(24)6-14)28-22(16)13(3)21(15)27-11-25/h4-8,12H,9-11H2,1-3H3/b19-7-. The quantitative estimate of drug-likeness (QED) is 0.597. The number of fused-ring (bicyclic) bond motifs is 2. The third-order valence-electron chi connectivity index (χ3n) is 4.87. The molecular formula is C22H21Cl2NO3. The van der Waals surface area contributed by atoms with Crippen molar-refractivity contribution in [2.75, 3.05) is 13.3 Å². The largest absolute Gasteiger partial charge is 0.477 e. The van der Waals surface area contributed by atoms with Gasteiger partial charge >= 0.3 is 0 Å². The van der Waals surface area contributed by atoms with Gasteiger partial charge in [-0.1, -0.05) is 43.1 Å². The molecule has 2 aliphatic rings. The van der Waals surface area contributed by atoms with E-state index in [-0.39, 0.29) is 11.5 Å². The molecule has 0 unspecified atom stereocenters. The van der Waals surface area contributed by atoms with E-state index in [1.165, 1.54) is 0 Å². The number of hydrogen-bond donors (Lipinski definition) is 0. The Morgan fingerprint density at radius 1 is 1.18 bits per heavy atom. The van der Waals surface area contributed by atoms with E-state index >= 15 is 0 Å². The summed E-state index contributed by atoms with van der Waals surface area (Å²) in [5.74, 6) is 2.09. The van der Waals surface area contributed by atoms with Gasteiger partial charge < -0.3 is 9.47 Å². The molecule has 0 saturated carbocycles. The van der Waals surface area contributed by atoms with E-state index < -0.39 is 0 Å². The van der Waals surface area contributed by atoms with Crippen molar-refractivity contribution in [1.29, 1.82) is 0 Å². The van der Waals surface area contributed by atoms with Crippen molar-refractivity contribution in [2.45, 2.75) is 27.3 Å². The van der Waals surface area contributed by atoms with Crippen LogP contribution in [0.15, 0.2) is 30.0 Å². The van der Waals surface area contributed by atoms with Crippen LogP contribution in [0.3, 0.4) is 0 Å². The molecule has 0 bridgehead atoms. The molecule has 4 nitrogen and oxygen atoms in total. The molecule has 0 radical (unpaired) electrons. The van der Waals surface area contributed by atoms with Crippen molar-refractivity contribution >= 4 is 35.1 Å². The van der Waals surface area contributed by atoms with Gasteiger partial charge in [0.15, 0.2) is 5.76 Å². The van der Waals surface area contributed by atoms with Gasteiger partial charge in [-0.2, -0.15) is 0 Å². The van der Waals surface area contributed by atoms with Crippen LogP contribution in [0.1, 0.15) is 40.9 Å². The van der Waals surface area contributed by atoms with Crippen LogP contribution >= 0.6 is 23.2 Å². The third-order valence-corrected chi connectivity index (χ3v) is 5.61. The van der Waals surface area contributed by atoms with Crippen LogP contribution in [0.2, 0.25) is 10.0 Å². The lowest BCUT2D eigenvalue weighted by Crippen LogP contribution is -2.35. The molecule has 0 aromatic heterocycles. The molecule has 0 fully saturated rings. The Morgan fingerprint density at radius 2 is 1.96 bits per heavy atom. The molecule has 6 heteroatoms. The van der Waals surface area contributed by atoms with Gasteiger partial charge in [-0.05, 0) is 42.7 Å². The summed E-state index contributed by atoms with van der Waals surface area (Å²) in [6, 6.07) is 7.11. The van der Waals surface area contributed by atoms with Crippen LogP contribution in [-0.4, -0.2) is 24.0 Å². The highest BCUT2D eigenvalue weighted by atomic mass is 35.5. The zero-order chi connectivity index (χ0) is 20.0. The number of Topliss-reactive ketones (excluding diaryl/α,β-unsaturated/α-hetero) is 1. The SMILES string of the molecule is Cc1c2c(cc3c1O/C(=C\c1ccc(Cl)c(Cl)c1)C3=O)CN(CC(C)C)CO2. The number of allylic oxidation sites excluding steroid dienone is 1. The summed E-state index contributed by atoms with van der Waals surface area (Å²) in [5, 5.41) is 0.904. The number of hydrogen-bond acceptors (Lipinski definition) is 4. The summed E-state index contributed by atoms with van der Waals surface area (Å²) in [4.78, 5) is 15.2. The van der Waals surface area contributed by atoms with Gasteiger partial charge in [0, 0.05) is 24.2 Å². The van der Waals surface area contributed by atoms with Crippen LogP contribution < -0.4 is 9.47 Å². The average molecular weight is 418 g/mol. The fourth-order valence-electron chi connectivity index (χ4n) is 3.68. The topological polar surface area (TPSA) is 38.8 Å². The van der Waals surface area contributed by atoms with E-state index in [2.05, 4.69) is 18.7 Å². The zero-order valence-electron chi connectivity index (χ0n) is 16.0. The average Bonchev–Trinajstić information content (AvgIpc) is 2.94. The molecule has 0 atom stereocenters. The number of carbonyl (C=O) groups is 1. The summed E-state index contributed by atoms with van der Waals surface area (Å²) >= 11 is 12.0. The number of halogens is 2. The van der Waals surface area contributed by atoms with Crippen LogP contribution in [0.4, 0.5) is 0 Å². The Morgan fingerprint density at radius 3 is 2.68 bits per heavy atom. The zero-order valence-corrected chi connectivity index (χ0v) is 17.5. The van der Waals surface area contributed by atoms with Gasteiger partial charge in [0.25, 0.3) is 0 Å². The lowest BCUT2D eigenvalue weighted by molar-refractivity contribution is 0.0835. The first-order chi connectivity index (χ1) is 13.3. The molecular weight excluding hydrogens is 397 g/mol. The number of nitrogens with zero attached hydrogens (tertiary/aromatic N) is 1. The Kier molecular flexibility index (Phi) is 5.13. The Labute approximate surface area is 174 Å². The number of ether oxygens (including phenoxy) is 2. The van der Waals surface area contributed by atoms with Crippen molar-refractivity contribution in [2.24, 2.45) is 5.92 Å². The summed E-state index contributed by atoms with van der Waals surface area (Å²) in [6.45, 7) is 8.56. The molecule has 2 aromatic rings. The van der Waals surface area contributed by atoms with E-state index in [9.17, 15) is 4.79 Å². The van der Waals surface area contributed by atoms with Crippen molar-refractivity contribution in [1.82, 2.24) is 4.90 Å². The highest BCUT2D eigenvalue weighted by molar-refractivity contribution is 6.42. The van der Waals surface area contributed by atoms with Gasteiger partial charge in [-0.25, -0.2) is 0 Å². The maximum atomic E-state index is 12.9. The maximum absolute atomic E-state index is 12.9. The number of benzene rings is 2. The van der Waals surface area contributed by atoms with Gasteiger partial charge in [-0.3, -0.25) is 9.69 Å². The second-order valence-corrected chi connectivity index (χ2v) is 8.47. The van der Waals surface area contributed by atoms with Crippen LogP contribution in [0, 0.1) is 12.8 Å². The van der Waals surface area contributed by atoms with Crippen LogP contribution in [0.5, 0.6) is 11.5 Å². The predicted molar refractivity (Wildman–Crippen MR) is 111 cm³/mol. The minimum atomic E-state index is -0.132. The number of ketones is 1. The van der Waals surface area contributed by atoms with E-state index in [1.54, 1.807) is 24.3 Å². The van der Waals surface area contributed by atoms with Crippen LogP contribution in [0.25, 0.3) is 6.08 Å². The Balaban J connectivity index is 1.67. The summed E-state index contributed by atoms with van der Waals surface area (Å²) in [7, 11) is 0. The molecule has 0 spiro atoms. The first-order valence-corrected chi connectivity index (χ1v) is 10.00. The van der Waals surface area contributed by atoms with Crippen molar-refractivity contribution in [3.8, 4) is 11.5 Å². The molecule has 0 N–H and O–H groups in total. The molecule has 2 aliphatic heterocycles. The molecule has 0 amide bonds. The smallest absolute Gasteiger partial charge is 0.231 e. The Hall–Kier alpha value is -2.01. The van der Waals surface area contributed by atoms with E-state index in [4.69, 9.17) is 32.7 Å². The summed E-state index contributed by atoms with van der Waals surface area (Å²) in [5.41, 5.74) is 3.23. The van der Waals surface area contributed by atoms with Crippen LogP contribution in [-0.2, 0) is 6.54 Å². The number of rotatable bonds is 3. The molecule has 0 aliphatic carbocycles. The van der Waals surface area contributed by atoms with Gasteiger partial charge in [0.2, 0.25) is 5.78 Å². The first kappa shape index (κ1) is 19.3. The first-order valence-electron chi connectivity index (χ1n) is 9.24. The number of carbonyl (C=O) groups excluding carboxylic acids is 1. The van der Waals surface area contributed by atoms with E-state index in [0.717, 1.165) is 35.5 Å². The molecule has 28 heavy (non-hydrogen) atoms. The predicted octanol–water partition coefficient (Wildman–Crippen LogP) is 5.73. The minimum absolute atomic E-state index is 0.132. The fraction of sp³-hybridized carbons (Fsp3) is 0.318. The highest BCUT2D eigenvalue weighted by Gasteiger charge is 2.33. The highest BCUT2D eigenvalue weighted by Crippen LogP contribution is 2.43. The van der Waals surface area contributed by atoms with Gasteiger partial charge in [0.05, 0.1) is 15.6 Å². The third kappa shape index (κ3) is 3.52. The maximum Gasteiger partial charge on any atom is 0.231 e. The lowest BCUT2D eigenvalue weighted by atomic mass is 9.99. The van der Waals surface area contributed by atoms with Crippen molar-refractivity contribution < 1.29 is 14.3 Å². The molecule has 2 heterocycles. The monoisotopic (exact) mass is 417 g/mol. The second kappa shape index (κ2) is 7.43. The van der Waals surface area contributed by atoms with Gasteiger partial charge in [-0.15, -0.1) is 0 Å². The van der Waals surface area contributed by atoms with Gasteiger partial charge in [0.1, 0.15) is 18.2 Å². The van der Waals surface area contributed by atoms with Crippen molar-refractivity contribution in [3.05, 3.63) is 62.3 Å². The normalized spacial score (nSPS) is 17.5. The molecule has 4 rings (SSSR count). The molecule has 146 valence electrons. The lowest BCUT2D eigenvalue weighted by Gasteiger charge is -2.31. The summed E-state index contributed by atoms with van der Waals surface area (Å²) in [6.07, 6.45) is 1.69. The summed E-state index contributed by atoms with van der Waals surface area (Å²) < 4.78 is 11.9. The van der Waals surface area contributed by atoms with E-state index in [1.807, 2.05) is 13.0 Å². The fourth-order valence-corrected chi connectivity index (χ4v) is 3.99. The minimum Gasteiger partial charge on any atom is -0.477 e. The molecule has 2 aromatic carbocycles. The Bertz CT molecular complexity index is 998. The molecule has 0 saturated heterocycles. The van der Waals surface area contributed by atoms with E-state index in [0.29, 0.717) is 34.0 Å². The van der Waals surface area contributed by atoms with Crippen molar-refractivity contribution in [3.63, 3.8) is 0 Å².